The number of carboxylic acids is 1. The van der Waals surface area contributed by atoms with Gasteiger partial charge in [-0.05, 0) is 31.2 Å². The van der Waals surface area contributed by atoms with Crippen LogP contribution in [0.3, 0.4) is 0 Å². The number of aryl methyl sites for hydroxylation is 1. The minimum absolute atomic E-state index is 0.00578. The second-order valence-electron chi connectivity index (χ2n) is 4.93. The summed E-state index contributed by atoms with van der Waals surface area (Å²) in [6, 6.07) is 10.2. The Labute approximate surface area is 126 Å². The Bertz CT molecular complexity index is 956. The topological polar surface area (TPSA) is 68.5 Å². The van der Waals surface area contributed by atoms with E-state index in [2.05, 4.69) is 0 Å². The molecule has 112 valence electrons. The summed E-state index contributed by atoms with van der Waals surface area (Å²) in [7, 11) is 1.51. The Morgan fingerprint density at radius 3 is 2.59 bits per heavy atom. The molecule has 0 aliphatic heterocycles. The Hall–Kier alpha value is -2.82. The molecule has 0 unspecified atom stereocenters. The number of nitrogens with zero attached hydrogens (tertiary/aromatic N) is 1. The first-order chi connectivity index (χ1) is 10.6. The second-order valence-corrected chi connectivity index (χ2v) is 4.93. The number of aromatic nitrogens is 1. The SMILES string of the molecule is CCn1c2ccccc2c(=O)c2c(C(=O)O)ccc(OC)c21. The number of hydrogen-bond donors (Lipinski definition) is 1. The molecule has 0 amide bonds. The highest BCUT2D eigenvalue weighted by molar-refractivity contribution is 6.07. The summed E-state index contributed by atoms with van der Waals surface area (Å²) in [5.74, 6) is -0.632. The number of fused-ring (bicyclic) bond motifs is 2. The molecule has 0 fully saturated rings. The number of pyridine rings is 1. The van der Waals surface area contributed by atoms with Gasteiger partial charge in [0.05, 0.1) is 29.1 Å². The van der Waals surface area contributed by atoms with Crippen LogP contribution in [-0.2, 0) is 6.54 Å². The Morgan fingerprint density at radius 2 is 1.95 bits per heavy atom. The maximum Gasteiger partial charge on any atom is 0.336 e. The van der Waals surface area contributed by atoms with Gasteiger partial charge in [-0.1, -0.05) is 12.1 Å². The summed E-state index contributed by atoms with van der Waals surface area (Å²) in [6.07, 6.45) is 0. The van der Waals surface area contributed by atoms with Gasteiger partial charge in [0.25, 0.3) is 0 Å². The zero-order valence-electron chi connectivity index (χ0n) is 12.3. The van der Waals surface area contributed by atoms with Crippen LogP contribution in [0.25, 0.3) is 21.8 Å². The average Bonchev–Trinajstić information content (AvgIpc) is 2.54. The first-order valence-electron chi connectivity index (χ1n) is 6.95. The highest BCUT2D eigenvalue weighted by Crippen LogP contribution is 2.29. The second kappa shape index (κ2) is 5.18. The smallest absolute Gasteiger partial charge is 0.336 e. The molecule has 3 aromatic rings. The molecule has 0 atom stereocenters. The summed E-state index contributed by atoms with van der Waals surface area (Å²) in [5.41, 5.74) is 0.997. The van der Waals surface area contributed by atoms with Gasteiger partial charge >= 0.3 is 5.97 Å². The molecule has 2 aromatic carbocycles. The first-order valence-corrected chi connectivity index (χ1v) is 6.95. The molecule has 0 radical (unpaired) electrons. The summed E-state index contributed by atoms with van der Waals surface area (Å²) >= 11 is 0. The fourth-order valence-electron chi connectivity index (χ4n) is 2.90. The van der Waals surface area contributed by atoms with E-state index in [1.54, 1.807) is 18.2 Å². The highest BCUT2D eigenvalue weighted by atomic mass is 16.5. The van der Waals surface area contributed by atoms with Gasteiger partial charge < -0.3 is 14.4 Å². The van der Waals surface area contributed by atoms with E-state index in [1.165, 1.54) is 13.2 Å². The van der Waals surface area contributed by atoms with Crippen molar-refractivity contribution < 1.29 is 14.6 Å². The number of benzene rings is 2. The maximum absolute atomic E-state index is 12.8. The molecule has 3 rings (SSSR count). The van der Waals surface area contributed by atoms with Crippen LogP contribution in [0.1, 0.15) is 17.3 Å². The Balaban J connectivity index is 2.71. The van der Waals surface area contributed by atoms with Crippen LogP contribution in [-0.4, -0.2) is 22.8 Å². The largest absolute Gasteiger partial charge is 0.495 e. The van der Waals surface area contributed by atoms with Crippen molar-refractivity contribution in [3.05, 3.63) is 52.2 Å². The van der Waals surface area contributed by atoms with E-state index in [1.807, 2.05) is 23.6 Å². The summed E-state index contributed by atoms with van der Waals surface area (Å²) in [6.45, 7) is 2.54. The number of carbonyl (C=O) groups is 1. The Kier molecular flexibility index (Phi) is 3.33. The first kappa shape index (κ1) is 14.1. The van der Waals surface area contributed by atoms with Crippen molar-refractivity contribution in [3.8, 4) is 5.75 Å². The zero-order valence-corrected chi connectivity index (χ0v) is 12.3. The van der Waals surface area contributed by atoms with E-state index in [0.717, 1.165) is 5.52 Å². The molecule has 0 saturated heterocycles. The van der Waals surface area contributed by atoms with Crippen molar-refractivity contribution in [3.63, 3.8) is 0 Å². The molecule has 22 heavy (non-hydrogen) atoms. The third kappa shape index (κ3) is 1.86. The molecule has 0 aliphatic carbocycles. The van der Waals surface area contributed by atoms with Crippen molar-refractivity contribution in [1.82, 2.24) is 4.57 Å². The van der Waals surface area contributed by atoms with E-state index in [9.17, 15) is 14.7 Å². The van der Waals surface area contributed by atoms with E-state index >= 15 is 0 Å². The molecule has 0 spiro atoms. The van der Waals surface area contributed by atoms with E-state index in [4.69, 9.17) is 4.74 Å². The van der Waals surface area contributed by atoms with Crippen LogP contribution in [0.2, 0.25) is 0 Å². The molecule has 0 bridgehead atoms. The molecule has 1 aromatic heterocycles. The molecule has 0 aliphatic rings. The molecular weight excluding hydrogens is 282 g/mol. The minimum Gasteiger partial charge on any atom is -0.495 e. The molecule has 0 saturated carbocycles. The highest BCUT2D eigenvalue weighted by Gasteiger charge is 2.19. The number of hydrogen-bond acceptors (Lipinski definition) is 3. The van der Waals surface area contributed by atoms with Gasteiger partial charge in [-0.2, -0.15) is 0 Å². The number of carboxylic acid groups (broad SMARTS) is 1. The molecule has 1 heterocycles. The van der Waals surface area contributed by atoms with Crippen LogP contribution in [0.5, 0.6) is 5.75 Å². The van der Waals surface area contributed by atoms with Gasteiger partial charge in [-0.3, -0.25) is 4.79 Å². The van der Waals surface area contributed by atoms with E-state index in [0.29, 0.717) is 23.2 Å². The summed E-state index contributed by atoms with van der Waals surface area (Å²) in [5, 5.41) is 10.1. The van der Waals surface area contributed by atoms with Gasteiger partial charge in [0.2, 0.25) is 0 Å². The molecule has 5 heteroatoms. The quantitative estimate of drug-likeness (QED) is 0.755. The van der Waals surface area contributed by atoms with Crippen molar-refractivity contribution in [2.75, 3.05) is 7.11 Å². The predicted octanol–water partition coefficient (Wildman–Crippen LogP) is 2.88. The van der Waals surface area contributed by atoms with Gasteiger partial charge in [0.1, 0.15) is 5.75 Å². The number of methoxy groups -OCH3 is 1. The maximum atomic E-state index is 12.8. The summed E-state index contributed by atoms with van der Waals surface area (Å²) in [4.78, 5) is 24.3. The molecule has 1 N–H and O–H groups in total. The lowest BCUT2D eigenvalue weighted by atomic mass is 10.0. The number of ether oxygens (including phenoxy) is 1. The lowest BCUT2D eigenvalue weighted by molar-refractivity contribution is 0.0699. The van der Waals surface area contributed by atoms with Gasteiger partial charge in [-0.25, -0.2) is 4.79 Å². The fraction of sp³-hybridized carbons (Fsp3) is 0.176. The molecular formula is C17H15NO4. The lowest BCUT2D eigenvalue weighted by Crippen LogP contribution is -2.15. The Morgan fingerprint density at radius 1 is 1.23 bits per heavy atom. The van der Waals surface area contributed by atoms with Gasteiger partial charge in [-0.15, -0.1) is 0 Å². The third-order valence-corrected chi connectivity index (χ3v) is 3.84. The number of aromatic carboxylic acids is 1. The fourth-order valence-corrected chi connectivity index (χ4v) is 2.90. The average molecular weight is 297 g/mol. The van der Waals surface area contributed by atoms with Gasteiger partial charge in [0, 0.05) is 11.9 Å². The van der Waals surface area contributed by atoms with Gasteiger partial charge in [0.15, 0.2) is 5.43 Å². The third-order valence-electron chi connectivity index (χ3n) is 3.84. The van der Waals surface area contributed by atoms with Crippen molar-refractivity contribution in [1.29, 1.82) is 0 Å². The van der Waals surface area contributed by atoms with Crippen molar-refractivity contribution in [2.45, 2.75) is 13.5 Å². The van der Waals surface area contributed by atoms with Crippen molar-refractivity contribution >= 4 is 27.8 Å². The minimum atomic E-state index is -1.12. The molecule has 5 nitrogen and oxygen atoms in total. The standard InChI is InChI=1S/C17H15NO4/c1-3-18-12-7-5-4-6-10(12)16(19)14-11(17(20)21)8-9-13(22-2)15(14)18/h4-9H,3H2,1-2H3,(H,20,21). The number of para-hydroxylation sites is 1. The monoisotopic (exact) mass is 297 g/mol. The van der Waals surface area contributed by atoms with E-state index in [-0.39, 0.29) is 16.4 Å². The van der Waals surface area contributed by atoms with Crippen LogP contribution < -0.4 is 10.2 Å². The summed E-state index contributed by atoms with van der Waals surface area (Å²) < 4.78 is 7.27. The predicted molar refractivity (Wildman–Crippen MR) is 84.9 cm³/mol. The van der Waals surface area contributed by atoms with Crippen LogP contribution in [0, 0.1) is 0 Å². The lowest BCUT2D eigenvalue weighted by Gasteiger charge is -2.16. The zero-order chi connectivity index (χ0) is 15.9. The van der Waals surface area contributed by atoms with Crippen LogP contribution >= 0.6 is 0 Å². The van der Waals surface area contributed by atoms with Crippen LogP contribution in [0.15, 0.2) is 41.2 Å². The normalized spacial score (nSPS) is 11.0. The van der Waals surface area contributed by atoms with Crippen molar-refractivity contribution in [2.24, 2.45) is 0 Å². The van der Waals surface area contributed by atoms with E-state index < -0.39 is 5.97 Å². The van der Waals surface area contributed by atoms with Crippen LogP contribution in [0.4, 0.5) is 0 Å². The number of rotatable bonds is 3.